The van der Waals surface area contributed by atoms with Crippen LogP contribution in [0.15, 0.2) is 22.7 Å². The molecule has 0 unspecified atom stereocenters. The Bertz CT molecular complexity index is 1140. The summed E-state index contributed by atoms with van der Waals surface area (Å²) in [6, 6.07) is 3.42. The van der Waals surface area contributed by atoms with Gasteiger partial charge in [-0.05, 0) is 49.1 Å². The van der Waals surface area contributed by atoms with Crippen molar-refractivity contribution >= 4 is 17.5 Å². The van der Waals surface area contributed by atoms with Gasteiger partial charge in [-0.3, -0.25) is 19.4 Å². The fourth-order valence-corrected chi connectivity index (χ4v) is 4.44. The third-order valence-electron chi connectivity index (χ3n) is 5.92. The van der Waals surface area contributed by atoms with Gasteiger partial charge in [0.2, 0.25) is 0 Å². The van der Waals surface area contributed by atoms with Crippen molar-refractivity contribution in [2.24, 2.45) is 7.05 Å². The van der Waals surface area contributed by atoms with E-state index in [1.807, 2.05) is 27.1 Å². The van der Waals surface area contributed by atoms with Crippen molar-refractivity contribution in [3.05, 3.63) is 68.6 Å². The van der Waals surface area contributed by atoms with E-state index in [-0.39, 0.29) is 11.7 Å². The summed E-state index contributed by atoms with van der Waals surface area (Å²) in [4.78, 5) is 19.5. The van der Waals surface area contributed by atoms with Crippen LogP contribution in [-0.2, 0) is 44.4 Å². The van der Waals surface area contributed by atoms with E-state index in [9.17, 15) is 4.79 Å². The molecule has 170 valence electrons. The summed E-state index contributed by atoms with van der Waals surface area (Å²) >= 11 is 6.43. The van der Waals surface area contributed by atoms with Gasteiger partial charge >= 0.3 is 0 Å². The summed E-state index contributed by atoms with van der Waals surface area (Å²) in [7, 11) is 3.45. The average Bonchev–Trinajstić information content (AvgIpc) is 3.33. The highest BCUT2D eigenvalue weighted by Gasteiger charge is 2.23. The average molecular weight is 458 g/mol. The van der Waals surface area contributed by atoms with E-state index in [0.29, 0.717) is 24.1 Å². The number of fused-ring (bicyclic) bond motifs is 1. The number of amides is 1. The number of aryl methyl sites for hydroxylation is 3. The molecule has 1 amide bonds. The first-order valence-corrected chi connectivity index (χ1v) is 11.0. The molecule has 4 rings (SSSR count). The second-order valence-electron chi connectivity index (χ2n) is 8.15. The van der Waals surface area contributed by atoms with Crippen LogP contribution in [0, 0.1) is 13.8 Å². The van der Waals surface area contributed by atoms with Crippen molar-refractivity contribution in [3.8, 4) is 0 Å². The zero-order chi connectivity index (χ0) is 22.8. The fraction of sp³-hybridized carbons (Fsp3) is 0.435. The van der Waals surface area contributed by atoms with Gasteiger partial charge in [0.25, 0.3) is 5.91 Å². The number of rotatable bonds is 7. The minimum absolute atomic E-state index is 0.247. The number of hydrogen-bond donors (Lipinski definition) is 1. The third-order valence-corrected chi connectivity index (χ3v) is 6.40. The Labute approximate surface area is 192 Å². The van der Waals surface area contributed by atoms with Gasteiger partial charge in [-0.25, -0.2) is 0 Å². The van der Waals surface area contributed by atoms with Crippen molar-refractivity contribution < 1.29 is 13.9 Å². The molecule has 0 bridgehead atoms. The number of carbonyl (C=O) groups excluding carboxylic acids is 1. The second kappa shape index (κ2) is 9.44. The summed E-state index contributed by atoms with van der Waals surface area (Å²) in [5, 5.41) is 8.07. The minimum atomic E-state index is -0.247. The molecule has 0 atom stereocenters. The Morgan fingerprint density at radius 2 is 2.09 bits per heavy atom. The highest BCUT2D eigenvalue weighted by atomic mass is 35.5. The molecular weight excluding hydrogens is 430 g/mol. The van der Waals surface area contributed by atoms with E-state index < -0.39 is 0 Å². The van der Waals surface area contributed by atoms with Crippen LogP contribution in [0.2, 0.25) is 5.15 Å². The number of halogens is 1. The maximum atomic E-state index is 12.5. The predicted octanol–water partition coefficient (Wildman–Crippen LogP) is 3.31. The van der Waals surface area contributed by atoms with Crippen molar-refractivity contribution in [2.75, 3.05) is 13.7 Å². The molecule has 1 aliphatic rings. The van der Waals surface area contributed by atoms with E-state index in [1.165, 1.54) is 11.1 Å². The lowest BCUT2D eigenvalue weighted by Gasteiger charge is -2.30. The summed E-state index contributed by atoms with van der Waals surface area (Å²) in [5.41, 5.74) is 6.49. The number of pyridine rings is 1. The van der Waals surface area contributed by atoms with Crippen molar-refractivity contribution in [2.45, 2.75) is 46.5 Å². The van der Waals surface area contributed by atoms with E-state index >= 15 is 0 Å². The molecule has 8 nitrogen and oxygen atoms in total. The predicted molar refractivity (Wildman–Crippen MR) is 120 cm³/mol. The SMILES string of the molecule is COCc1ccc(C(=O)NCc2c(C)ncc3c2CCN(Cc2c(C)nn(C)c2Cl)C3)o1. The fourth-order valence-electron chi connectivity index (χ4n) is 4.20. The zero-order valence-electron chi connectivity index (χ0n) is 18.9. The van der Waals surface area contributed by atoms with Gasteiger partial charge in [0.05, 0.1) is 5.69 Å². The Kier molecular flexibility index (Phi) is 6.64. The van der Waals surface area contributed by atoms with Gasteiger partial charge in [-0.2, -0.15) is 5.10 Å². The monoisotopic (exact) mass is 457 g/mol. The van der Waals surface area contributed by atoms with Crippen LogP contribution in [-0.4, -0.2) is 39.2 Å². The van der Waals surface area contributed by atoms with Crippen LogP contribution >= 0.6 is 11.6 Å². The highest BCUT2D eigenvalue weighted by Crippen LogP contribution is 2.27. The molecular formula is C23H28ClN5O3. The number of ether oxygens (including phenoxy) is 1. The first-order chi connectivity index (χ1) is 15.4. The summed E-state index contributed by atoms with van der Waals surface area (Å²) < 4.78 is 12.3. The molecule has 4 heterocycles. The summed E-state index contributed by atoms with van der Waals surface area (Å²) in [6.45, 7) is 7.16. The number of nitrogens with one attached hydrogen (secondary N) is 1. The number of methoxy groups -OCH3 is 1. The summed E-state index contributed by atoms with van der Waals surface area (Å²) in [5.74, 6) is 0.655. The molecule has 0 fully saturated rings. The Hall–Kier alpha value is -2.68. The van der Waals surface area contributed by atoms with Gasteiger partial charge < -0.3 is 14.5 Å². The molecule has 0 spiro atoms. The molecule has 0 radical (unpaired) electrons. The summed E-state index contributed by atoms with van der Waals surface area (Å²) in [6.07, 6.45) is 2.84. The quantitative estimate of drug-likeness (QED) is 0.585. The second-order valence-corrected chi connectivity index (χ2v) is 8.50. The van der Waals surface area contributed by atoms with Gasteiger partial charge in [0, 0.05) is 57.8 Å². The third kappa shape index (κ3) is 4.57. The number of hydrogen-bond acceptors (Lipinski definition) is 6. The van der Waals surface area contributed by atoms with Gasteiger partial charge in [-0.15, -0.1) is 0 Å². The normalized spacial score (nSPS) is 13.9. The molecule has 0 saturated heterocycles. The Balaban J connectivity index is 1.45. The lowest BCUT2D eigenvalue weighted by molar-refractivity contribution is 0.0914. The molecule has 9 heteroatoms. The zero-order valence-corrected chi connectivity index (χ0v) is 19.6. The van der Waals surface area contributed by atoms with Crippen molar-refractivity contribution in [1.82, 2.24) is 25.0 Å². The molecule has 3 aromatic rings. The van der Waals surface area contributed by atoms with Crippen molar-refractivity contribution in [3.63, 3.8) is 0 Å². The smallest absolute Gasteiger partial charge is 0.287 e. The molecule has 0 saturated carbocycles. The standard InChI is InChI=1S/C23H28ClN5O3/c1-14-19(10-26-23(30)21-6-5-17(32-21)13-31-4)18-7-8-29(11-16(18)9-25-14)12-20-15(2)27-28(3)22(20)24/h5-6,9H,7-8,10-13H2,1-4H3,(H,26,30). The van der Waals surface area contributed by atoms with E-state index in [4.69, 9.17) is 20.8 Å². The highest BCUT2D eigenvalue weighted by molar-refractivity contribution is 6.30. The molecule has 3 aromatic heterocycles. The van der Waals surface area contributed by atoms with Gasteiger partial charge in [0.1, 0.15) is 17.5 Å². The van der Waals surface area contributed by atoms with Crippen LogP contribution in [0.4, 0.5) is 0 Å². The largest absolute Gasteiger partial charge is 0.453 e. The Morgan fingerprint density at radius 3 is 2.81 bits per heavy atom. The number of carbonyl (C=O) groups is 1. The number of nitrogens with zero attached hydrogens (tertiary/aromatic N) is 4. The van der Waals surface area contributed by atoms with E-state index in [2.05, 4.69) is 20.3 Å². The minimum Gasteiger partial charge on any atom is -0.453 e. The first-order valence-electron chi connectivity index (χ1n) is 10.6. The lowest BCUT2D eigenvalue weighted by atomic mass is 9.94. The van der Waals surface area contributed by atoms with Gasteiger partial charge in [-0.1, -0.05) is 11.6 Å². The lowest BCUT2D eigenvalue weighted by Crippen LogP contribution is -2.32. The van der Waals surface area contributed by atoms with Crippen molar-refractivity contribution in [1.29, 1.82) is 0 Å². The molecule has 0 aromatic carbocycles. The molecule has 1 aliphatic heterocycles. The van der Waals surface area contributed by atoms with Crippen LogP contribution in [0.5, 0.6) is 0 Å². The number of aromatic nitrogens is 3. The van der Waals surface area contributed by atoms with E-state index in [1.54, 1.807) is 23.9 Å². The van der Waals surface area contributed by atoms with Crippen LogP contribution in [0.25, 0.3) is 0 Å². The Morgan fingerprint density at radius 1 is 1.28 bits per heavy atom. The maximum absolute atomic E-state index is 12.5. The molecule has 32 heavy (non-hydrogen) atoms. The van der Waals surface area contributed by atoms with Gasteiger partial charge in [0.15, 0.2) is 5.76 Å². The topological polar surface area (TPSA) is 85.4 Å². The number of furan rings is 1. The van der Waals surface area contributed by atoms with E-state index in [0.717, 1.165) is 48.6 Å². The van der Waals surface area contributed by atoms with Crippen LogP contribution in [0.3, 0.4) is 0 Å². The molecule has 1 N–H and O–H groups in total. The first kappa shape index (κ1) is 22.5. The van der Waals surface area contributed by atoms with Crippen LogP contribution in [0.1, 0.15) is 50.0 Å². The van der Waals surface area contributed by atoms with Crippen LogP contribution < -0.4 is 5.32 Å². The molecule has 0 aliphatic carbocycles. The maximum Gasteiger partial charge on any atom is 0.287 e.